The average molecular weight is 369 g/mol. The highest BCUT2D eigenvalue weighted by molar-refractivity contribution is 6.18. The van der Waals surface area contributed by atoms with Gasteiger partial charge in [-0.25, -0.2) is 0 Å². The Hall–Kier alpha value is -1.98. The smallest absolute Gasteiger partial charge is 0.0522 e. The van der Waals surface area contributed by atoms with Crippen molar-refractivity contribution in [1.82, 2.24) is 0 Å². The van der Waals surface area contributed by atoms with Crippen molar-refractivity contribution in [3.63, 3.8) is 0 Å². The van der Waals surface area contributed by atoms with Crippen molar-refractivity contribution in [3.8, 4) is 0 Å². The first-order valence-corrected chi connectivity index (χ1v) is 9.86. The lowest BCUT2D eigenvalue weighted by atomic mass is 9.75. The van der Waals surface area contributed by atoms with E-state index in [4.69, 9.17) is 0 Å². The van der Waals surface area contributed by atoms with Gasteiger partial charge < -0.3 is 0 Å². The third-order valence-corrected chi connectivity index (χ3v) is 6.82. The minimum Gasteiger partial charge on any atom is -0.159 e. The lowest BCUT2D eigenvalue weighted by Gasteiger charge is -2.26. The Kier molecular flexibility index (Phi) is 4.81. The summed E-state index contributed by atoms with van der Waals surface area (Å²) < 4.78 is 0. The topological polar surface area (TPSA) is 74.2 Å². The second-order valence-corrected chi connectivity index (χ2v) is 9.43. The maximum absolute atomic E-state index is 4.54. The fourth-order valence-electron chi connectivity index (χ4n) is 3.65. The maximum atomic E-state index is 4.54. The predicted octanol–water partition coefficient (Wildman–Crippen LogP) is 5.10. The zero-order valence-electron chi connectivity index (χ0n) is 18.0. The van der Waals surface area contributed by atoms with Crippen LogP contribution in [0.4, 0.5) is 0 Å². The zero-order valence-corrected chi connectivity index (χ0v) is 18.0. The molecule has 0 unspecified atom stereocenters. The zero-order chi connectivity index (χ0) is 20.0. The van der Waals surface area contributed by atoms with E-state index in [1.54, 1.807) is 0 Å². The van der Waals surface area contributed by atoms with Crippen LogP contribution in [-0.4, -0.2) is 34.3 Å². The van der Waals surface area contributed by atoms with E-state index in [9.17, 15) is 0 Å². The lowest BCUT2D eigenvalue weighted by molar-refractivity contribution is 0.684. The van der Waals surface area contributed by atoms with Crippen molar-refractivity contribution in [3.05, 3.63) is 0 Å². The van der Waals surface area contributed by atoms with E-state index >= 15 is 0 Å². The molecule has 0 bridgehead atoms. The van der Waals surface area contributed by atoms with Crippen molar-refractivity contribution in [2.45, 2.75) is 81.1 Å². The Labute approximate surface area is 162 Å². The number of hydrogen-bond acceptors (Lipinski definition) is 6. The van der Waals surface area contributed by atoms with Crippen LogP contribution in [0.3, 0.4) is 0 Å². The molecule has 0 spiro atoms. The summed E-state index contributed by atoms with van der Waals surface area (Å²) >= 11 is 0. The number of nitrogens with zero attached hydrogens (tertiary/aromatic N) is 6. The summed E-state index contributed by atoms with van der Waals surface area (Å²) in [5.74, 6) is 0. The SMILES string of the molecule is CC1=NN=C(CCC2=NN=C(CCC3=NN=C(C)C3(C)C)C2(C)C)C1(C)C. The van der Waals surface area contributed by atoms with Crippen LogP contribution in [0.25, 0.3) is 0 Å². The quantitative estimate of drug-likeness (QED) is 0.626. The van der Waals surface area contributed by atoms with E-state index in [0.717, 1.165) is 60.0 Å². The molecule has 0 atom stereocenters. The molecule has 0 amide bonds. The van der Waals surface area contributed by atoms with Gasteiger partial charge in [0.1, 0.15) is 0 Å². The molecule has 0 aromatic carbocycles. The van der Waals surface area contributed by atoms with E-state index in [1.807, 2.05) is 13.8 Å². The van der Waals surface area contributed by atoms with Crippen LogP contribution in [0.5, 0.6) is 0 Å². The van der Waals surface area contributed by atoms with Crippen LogP contribution >= 0.6 is 0 Å². The molecule has 146 valence electrons. The first-order valence-electron chi connectivity index (χ1n) is 9.86. The molecule has 0 saturated carbocycles. The molecule has 27 heavy (non-hydrogen) atoms. The molecular formula is C21H32N6. The standard InChI is InChI=1S/C21H32N6/c1-13-19(3,4)15(24-22-13)9-11-17-21(7,8)18(27-26-17)12-10-16-20(5,6)14(2)23-25-16/h9-12H2,1-8H3. The van der Waals surface area contributed by atoms with Gasteiger partial charge in [-0.2, -0.15) is 30.6 Å². The second-order valence-electron chi connectivity index (χ2n) is 9.43. The van der Waals surface area contributed by atoms with Gasteiger partial charge in [0.2, 0.25) is 0 Å². The Balaban J connectivity index is 1.57. The summed E-state index contributed by atoms with van der Waals surface area (Å²) in [6, 6.07) is 0. The molecule has 3 aliphatic heterocycles. The van der Waals surface area contributed by atoms with E-state index in [2.05, 4.69) is 72.2 Å². The van der Waals surface area contributed by atoms with Gasteiger partial charge >= 0.3 is 0 Å². The van der Waals surface area contributed by atoms with E-state index in [0.29, 0.717) is 0 Å². The van der Waals surface area contributed by atoms with Gasteiger partial charge in [0.15, 0.2) is 0 Å². The van der Waals surface area contributed by atoms with Crippen LogP contribution < -0.4 is 0 Å². The molecule has 0 aromatic heterocycles. The minimum atomic E-state index is -0.113. The lowest BCUT2D eigenvalue weighted by Crippen LogP contribution is -2.34. The summed E-state index contributed by atoms with van der Waals surface area (Å²) in [7, 11) is 0. The largest absolute Gasteiger partial charge is 0.159 e. The highest BCUT2D eigenvalue weighted by atomic mass is 15.3. The van der Waals surface area contributed by atoms with Gasteiger partial charge in [-0.3, -0.25) is 0 Å². The monoisotopic (exact) mass is 368 g/mol. The van der Waals surface area contributed by atoms with Crippen molar-refractivity contribution < 1.29 is 0 Å². The van der Waals surface area contributed by atoms with Crippen molar-refractivity contribution in [2.75, 3.05) is 0 Å². The van der Waals surface area contributed by atoms with Crippen LogP contribution in [0.2, 0.25) is 0 Å². The van der Waals surface area contributed by atoms with Gasteiger partial charge in [-0.05, 0) is 81.1 Å². The Morgan fingerprint density at radius 3 is 0.963 bits per heavy atom. The minimum absolute atomic E-state index is 0.0446. The first kappa shape index (κ1) is 19.8. The fourth-order valence-corrected chi connectivity index (χ4v) is 3.65. The Morgan fingerprint density at radius 1 is 0.444 bits per heavy atom. The number of rotatable bonds is 6. The van der Waals surface area contributed by atoms with Gasteiger partial charge in [0, 0.05) is 27.7 Å². The molecule has 6 nitrogen and oxygen atoms in total. The third kappa shape index (κ3) is 3.34. The summed E-state index contributed by atoms with van der Waals surface area (Å²) in [5.41, 5.74) is 6.52. The summed E-state index contributed by atoms with van der Waals surface area (Å²) in [5, 5.41) is 26.4. The van der Waals surface area contributed by atoms with E-state index in [-0.39, 0.29) is 16.2 Å². The summed E-state index contributed by atoms with van der Waals surface area (Å²) in [6.07, 6.45) is 3.51. The molecule has 3 heterocycles. The molecule has 0 aliphatic carbocycles. The fraction of sp³-hybridized carbons (Fsp3) is 0.714. The van der Waals surface area contributed by atoms with E-state index < -0.39 is 0 Å². The molecule has 0 radical (unpaired) electrons. The highest BCUT2D eigenvalue weighted by Gasteiger charge is 2.39. The van der Waals surface area contributed by atoms with Crippen LogP contribution in [0.1, 0.15) is 81.1 Å². The predicted molar refractivity (Wildman–Crippen MR) is 116 cm³/mol. The van der Waals surface area contributed by atoms with Gasteiger partial charge in [0.25, 0.3) is 0 Å². The maximum Gasteiger partial charge on any atom is 0.0522 e. The van der Waals surface area contributed by atoms with Gasteiger partial charge in [-0.1, -0.05) is 0 Å². The number of hydrogen-bond donors (Lipinski definition) is 0. The van der Waals surface area contributed by atoms with Crippen LogP contribution in [0.15, 0.2) is 30.6 Å². The van der Waals surface area contributed by atoms with Crippen molar-refractivity contribution in [1.29, 1.82) is 0 Å². The molecule has 3 aliphatic rings. The first-order chi connectivity index (χ1) is 12.5. The Bertz CT molecular complexity index is 763. The summed E-state index contributed by atoms with van der Waals surface area (Å²) in [6.45, 7) is 17.3. The molecule has 6 heteroatoms. The molecule has 3 rings (SSSR count). The van der Waals surface area contributed by atoms with Gasteiger partial charge in [0.05, 0.1) is 22.8 Å². The normalized spacial score (nSPS) is 24.9. The van der Waals surface area contributed by atoms with Crippen molar-refractivity contribution >= 4 is 34.3 Å². The molecule has 0 N–H and O–H groups in total. The second kappa shape index (κ2) is 6.57. The molecule has 0 fully saturated rings. The van der Waals surface area contributed by atoms with Crippen molar-refractivity contribution in [2.24, 2.45) is 46.9 Å². The van der Waals surface area contributed by atoms with Crippen LogP contribution in [-0.2, 0) is 0 Å². The average Bonchev–Trinajstić information content (AvgIpc) is 3.10. The highest BCUT2D eigenvalue weighted by Crippen LogP contribution is 2.35. The van der Waals surface area contributed by atoms with Gasteiger partial charge in [-0.15, -0.1) is 0 Å². The Morgan fingerprint density at radius 2 is 0.704 bits per heavy atom. The summed E-state index contributed by atoms with van der Waals surface area (Å²) in [4.78, 5) is 0. The van der Waals surface area contributed by atoms with E-state index in [1.165, 1.54) is 0 Å². The third-order valence-electron chi connectivity index (χ3n) is 6.82. The van der Waals surface area contributed by atoms with Crippen LogP contribution in [0, 0.1) is 16.2 Å². The molecule has 0 saturated heterocycles. The molecular weight excluding hydrogens is 336 g/mol. The molecule has 0 aromatic rings.